The average molecular weight is 347 g/mol. The lowest BCUT2D eigenvalue weighted by atomic mass is 10.2. The molecule has 0 saturated heterocycles. The molecule has 0 spiro atoms. The summed E-state index contributed by atoms with van der Waals surface area (Å²) < 4.78 is 0.957. The Morgan fingerprint density at radius 2 is 1.90 bits per heavy atom. The van der Waals surface area contributed by atoms with Gasteiger partial charge in [-0.1, -0.05) is 28.1 Å². The number of amides is 1. The quantitative estimate of drug-likeness (QED) is 0.833. The van der Waals surface area contributed by atoms with Crippen LogP contribution >= 0.6 is 15.9 Å². The minimum absolute atomic E-state index is 0.0668. The number of anilines is 1. The number of carbonyl (C=O) groups is 2. The zero-order valence-corrected chi connectivity index (χ0v) is 12.4. The van der Waals surface area contributed by atoms with Crippen LogP contribution in [0.4, 0.5) is 5.82 Å². The third-order valence-electron chi connectivity index (χ3n) is 2.56. The maximum atomic E-state index is 11.7. The van der Waals surface area contributed by atoms with E-state index in [0.717, 1.165) is 10.0 Å². The molecule has 0 aliphatic heterocycles. The van der Waals surface area contributed by atoms with E-state index >= 15 is 0 Å². The first-order valence-electron chi connectivity index (χ1n) is 5.98. The molecule has 1 aromatic carbocycles. The summed E-state index contributed by atoms with van der Waals surface area (Å²) in [5, 5.41) is 11.4. The molecule has 0 aliphatic rings. The zero-order chi connectivity index (χ0) is 15.2. The average Bonchev–Trinajstić information content (AvgIpc) is 2.47. The summed E-state index contributed by atoms with van der Waals surface area (Å²) in [7, 11) is 0. The Kier molecular flexibility index (Phi) is 4.84. The largest absolute Gasteiger partial charge is 0.478 e. The van der Waals surface area contributed by atoms with Gasteiger partial charge in [0, 0.05) is 16.7 Å². The van der Waals surface area contributed by atoms with E-state index in [1.807, 2.05) is 24.3 Å². The van der Waals surface area contributed by atoms with E-state index in [-0.39, 0.29) is 17.3 Å². The van der Waals surface area contributed by atoms with Crippen molar-refractivity contribution in [1.29, 1.82) is 0 Å². The van der Waals surface area contributed by atoms with Crippen molar-refractivity contribution in [2.24, 2.45) is 0 Å². The first-order valence-corrected chi connectivity index (χ1v) is 6.78. The lowest BCUT2D eigenvalue weighted by Gasteiger charge is -2.02. The maximum absolute atomic E-state index is 11.7. The van der Waals surface area contributed by atoms with E-state index in [9.17, 15) is 9.59 Å². The molecule has 5 nitrogen and oxygen atoms in total. The van der Waals surface area contributed by atoms with Gasteiger partial charge < -0.3 is 10.4 Å². The molecule has 2 N–H and O–H groups in total. The van der Waals surface area contributed by atoms with E-state index in [2.05, 4.69) is 26.2 Å². The van der Waals surface area contributed by atoms with Gasteiger partial charge >= 0.3 is 5.97 Å². The maximum Gasteiger partial charge on any atom is 0.335 e. The summed E-state index contributed by atoms with van der Waals surface area (Å²) in [5.74, 6) is -1.26. The van der Waals surface area contributed by atoms with Gasteiger partial charge in [0.2, 0.25) is 5.91 Å². The molecule has 6 heteroatoms. The van der Waals surface area contributed by atoms with Crippen LogP contribution in [0.3, 0.4) is 0 Å². The number of carboxylic acid groups (broad SMARTS) is 1. The van der Waals surface area contributed by atoms with Crippen molar-refractivity contribution >= 4 is 39.7 Å². The van der Waals surface area contributed by atoms with Crippen LogP contribution in [0.1, 0.15) is 15.9 Å². The Morgan fingerprint density at radius 3 is 2.57 bits per heavy atom. The number of carboxylic acids is 1. The number of nitrogens with one attached hydrogen (secondary N) is 1. The molecule has 2 aromatic rings. The highest BCUT2D eigenvalue weighted by Gasteiger charge is 2.05. The molecule has 0 aliphatic carbocycles. The molecule has 0 radical (unpaired) electrons. The fourth-order valence-electron chi connectivity index (χ4n) is 1.55. The number of rotatable bonds is 4. The van der Waals surface area contributed by atoms with E-state index in [0.29, 0.717) is 0 Å². The van der Waals surface area contributed by atoms with Gasteiger partial charge in [-0.15, -0.1) is 0 Å². The SMILES string of the molecule is O=C(C=Cc1ccc(Br)cc1)Nc1cc(C(=O)O)ccn1. The molecule has 21 heavy (non-hydrogen) atoms. The molecule has 0 saturated carbocycles. The molecule has 0 bridgehead atoms. The number of nitrogens with zero attached hydrogens (tertiary/aromatic N) is 1. The fraction of sp³-hybridized carbons (Fsp3) is 0. The lowest BCUT2D eigenvalue weighted by Crippen LogP contribution is -2.10. The Hall–Kier alpha value is -2.47. The third-order valence-corrected chi connectivity index (χ3v) is 3.08. The second kappa shape index (κ2) is 6.81. The molecule has 1 heterocycles. The van der Waals surface area contributed by atoms with E-state index in [1.54, 1.807) is 6.08 Å². The molecule has 106 valence electrons. The van der Waals surface area contributed by atoms with Crippen molar-refractivity contribution in [3.63, 3.8) is 0 Å². The van der Waals surface area contributed by atoms with Crippen molar-refractivity contribution in [3.05, 3.63) is 64.3 Å². The van der Waals surface area contributed by atoms with Crippen LogP contribution in [0.15, 0.2) is 53.1 Å². The van der Waals surface area contributed by atoms with Crippen molar-refractivity contribution < 1.29 is 14.7 Å². The van der Waals surface area contributed by atoms with Gasteiger partial charge in [0.15, 0.2) is 0 Å². The van der Waals surface area contributed by atoms with Crippen LogP contribution in [0, 0.1) is 0 Å². The Morgan fingerprint density at radius 1 is 1.19 bits per heavy atom. The van der Waals surface area contributed by atoms with Crippen molar-refractivity contribution in [2.75, 3.05) is 5.32 Å². The van der Waals surface area contributed by atoms with Crippen molar-refractivity contribution in [2.45, 2.75) is 0 Å². The number of halogens is 1. The van der Waals surface area contributed by atoms with Gasteiger partial charge in [-0.3, -0.25) is 4.79 Å². The van der Waals surface area contributed by atoms with Crippen LogP contribution in [0.2, 0.25) is 0 Å². The number of hydrogen-bond acceptors (Lipinski definition) is 3. The number of benzene rings is 1. The zero-order valence-electron chi connectivity index (χ0n) is 10.8. The van der Waals surface area contributed by atoms with Crippen LogP contribution in [0.5, 0.6) is 0 Å². The van der Waals surface area contributed by atoms with Crippen molar-refractivity contribution in [1.82, 2.24) is 4.98 Å². The first kappa shape index (κ1) is 14.9. The molecule has 2 rings (SSSR count). The number of aromatic nitrogens is 1. The molecule has 1 amide bonds. The number of hydrogen-bond donors (Lipinski definition) is 2. The number of pyridine rings is 1. The predicted octanol–water partition coefficient (Wildman–Crippen LogP) is 3.19. The molecule has 1 aromatic heterocycles. The summed E-state index contributed by atoms with van der Waals surface area (Å²) in [6, 6.07) is 10.1. The van der Waals surface area contributed by atoms with Crippen molar-refractivity contribution in [3.8, 4) is 0 Å². The Balaban J connectivity index is 2.03. The van der Waals surface area contributed by atoms with E-state index < -0.39 is 5.97 Å². The summed E-state index contributed by atoms with van der Waals surface area (Å²) in [6.45, 7) is 0. The summed E-state index contributed by atoms with van der Waals surface area (Å²) in [5.41, 5.74) is 0.942. The lowest BCUT2D eigenvalue weighted by molar-refractivity contribution is -0.111. The van der Waals surface area contributed by atoms with Gasteiger partial charge in [0.25, 0.3) is 0 Å². The monoisotopic (exact) mass is 346 g/mol. The Labute approximate surface area is 129 Å². The minimum atomic E-state index is -1.07. The number of aromatic carboxylic acids is 1. The van der Waals surface area contributed by atoms with Gasteiger partial charge in [-0.2, -0.15) is 0 Å². The predicted molar refractivity (Wildman–Crippen MR) is 83.0 cm³/mol. The van der Waals surface area contributed by atoms with Crippen LogP contribution < -0.4 is 5.32 Å². The highest BCUT2D eigenvalue weighted by Crippen LogP contribution is 2.12. The van der Waals surface area contributed by atoms with Gasteiger partial charge in [0.1, 0.15) is 5.82 Å². The smallest absolute Gasteiger partial charge is 0.335 e. The summed E-state index contributed by atoms with van der Waals surface area (Å²) in [4.78, 5) is 26.5. The second-order valence-corrected chi connectivity index (χ2v) is 5.02. The normalized spacial score (nSPS) is 10.5. The standard InChI is InChI=1S/C15H11BrN2O3/c16-12-4-1-10(2-5-12)3-6-14(19)18-13-9-11(15(20)21)7-8-17-13/h1-9H,(H,20,21)(H,17,18,19). The molecule has 0 atom stereocenters. The second-order valence-electron chi connectivity index (χ2n) is 4.11. The topological polar surface area (TPSA) is 79.3 Å². The highest BCUT2D eigenvalue weighted by molar-refractivity contribution is 9.10. The fourth-order valence-corrected chi connectivity index (χ4v) is 1.81. The highest BCUT2D eigenvalue weighted by atomic mass is 79.9. The molecular formula is C15H11BrN2O3. The summed E-state index contributed by atoms with van der Waals surface area (Å²) >= 11 is 3.33. The summed E-state index contributed by atoms with van der Waals surface area (Å²) in [6.07, 6.45) is 4.35. The van der Waals surface area contributed by atoms with Gasteiger partial charge in [0.05, 0.1) is 5.56 Å². The van der Waals surface area contributed by atoms with Crippen LogP contribution in [0.25, 0.3) is 6.08 Å². The van der Waals surface area contributed by atoms with E-state index in [1.165, 1.54) is 24.4 Å². The van der Waals surface area contributed by atoms with Gasteiger partial charge in [-0.25, -0.2) is 9.78 Å². The molecular weight excluding hydrogens is 336 g/mol. The molecule has 0 unspecified atom stereocenters. The van der Waals surface area contributed by atoms with Crippen LogP contribution in [-0.4, -0.2) is 22.0 Å². The minimum Gasteiger partial charge on any atom is -0.478 e. The third kappa shape index (κ3) is 4.54. The van der Waals surface area contributed by atoms with Gasteiger partial charge in [-0.05, 0) is 35.9 Å². The molecule has 0 fully saturated rings. The van der Waals surface area contributed by atoms with E-state index in [4.69, 9.17) is 5.11 Å². The number of carbonyl (C=O) groups excluding carboxylic acids is 1. The Bertz CT molecular complexity index is 696. The first-order chi connectivity index (χ1) is 10.0. The van der Waals surface area contributed by atoms with Crippen LogP contribution in [-0.2, 0) is 4.79 Å².